The van der Waals surface area contributed by atoms with Gasteiger partial charge in [-0.25, -0.2) is 9.37 Å². The number of hydrogen-bond acceptors (Lipinski definition) is 3. The van der Waals surface area contributed by atoms with Crippen molar-refractivity contribution in [3.8, 4) is 0 Å². The molecule has 1 unspecified atom stereocenters. The van der Waals surface area contributed by atoms with Gasteiger partial charge in [0.05, 0.1) is 11.4 Å². The fraction of sp³-hybridized carbons (Fsp3) is 0.412. The van der Waals surface area contributed by atoms with Crippen LogP contribution in [0.15, 0.2) is 24.3 Å². The molecule has 4 nitrogen and oxygen atoms in total. The minimum atomic E-state index is -0.248. The number of nitrogens with zero attached hydrogens (tertiary/aromatic N) is 2. The lowest BCUT2D eigenvalue weighted by atomic mass is 10.1. The second-order valence-electron chi connectivity index (χ2n) is 5.79. The summed E-state index contributed by atoms with van der Waals surface area (Å²) in [6.45, 7) is 6.06. The van der Waals surface area contributed by atoms with E-state index in [9.17, 15) is 9.18 Å². The third-order valence-electron chi connectivity index (χ3n) is 4.20. The average Bonchev–Trinajstić information content (AvgIpc) is 2.98. The Kier molecular flexibility index (Phi) is 3.96. The highest BCUT2D eigenvalue weighted by atomic mass is 19.1. The van der Waals surface area contributed by atoms with Crippen molar-refractivity contribution in [2.24, 2.45) is 5.92 Å². The van der Waals surface area contributed by atoms with E-state index in [0.29, 0.717) is 13.1 Å². The van der Waals surface area contributed by atoms with Gasteiger partial charge >= 0.3 is 0 Å². The van der Waals surface area contributed by atoms with E-state index in [1.165, 1.54) is 12.1 Å². The Morgan fingerprint density at radius 2 is 2.27 bits per heavy atom. The number of carbonyl (C=O) groups is 1. The quantitative estimate of drug-likeness (QED) is 0.948. The molecule has 2 heterocycles. The summed E-state index contributed by atoms with van der Waals surface area (Å²) in [4.78, 5) is 18.7. The monoisotopic (exact) mass is 301 g/mol. The fourth-order valence-corrected chi connectivity index (χ4v) is 3.01. The molecule has 1 amide bonds. The van der Waals surface area contributed by atoms with Crippen molar-refractivity contribution in [2.75, 3.05) is 24.5 Å². The van der Waals surface area contributed by atoms with Crippen LogP contribution in [0.1, 0.15) is 18.9 Å². The Balaban J connectivity index is 1.85. The van der Waals surface area contributed by atoms with E-state index >= 15 is 0 Å². The number of anilines is 1. The number of rotatable bonds is 3. The maximum atomic E-state index is 13.3. The summed E-state index contributed by atoms with van der Waals surface area (Å²) >= 11 is 0. The molecular weight excluding hydrogens is 281 g/mol. The molecule has 1 atom stereocenters. The maximum Gasteiger partial charge on any atom is 0.224 e. The zero-order valence-corrected chi connectivity index (χ0v) is 12.9. The average molecular weight is 301 g/mol. The van der Waals surface area contributed by atoms with Crippen molar-refractivity contribution in [1.29, 1.82) is 0 Å². The van der Waals surface area contributed by atoms with Crippen LogP contribution in [0.5, 0.6) is 0 Å². The van der Waals surface area contributed by atoms with Crippen LogP contribution in [0.3, 0.4) is 0 Å². The second kappa shape index (κ2) is 5.91. The number of aryl methyl sites for hydroxylation is 1. The molecule has 0 saturated carbocycles. The summed E-state index contributed by atoms with van der Waals surface area (Å²) in [5, 5.41) is 3.72. The van der Waals surface area contributed by atoms with Gasteiger partial charge in [0.2, 0.25) is 5.91 Å². The smallest absolute Gasteiger partial charge is 0.224 e. The third kappa shape index (κ3) is 2.75. The number of benzene rings is 1. The molecule has 2 aromatic rings. The van der Waals surface area contributed by atoms with Crippen LogP contribution in [-0.4, -0.2) is 30.5 Å². The standard InChI is InChI=1S/C17H20FN3O/c1-3-19-17(22)12-6-7-21(10-12)16-8-11(2)14-9-13(18)4-5-15(14)20-16/h4-5,8-9,12H,3,6-7,10H2,1-2H3,(H,19,22). The number of nitrogens with one attached hydrogen (secondary N) is 1. The Bertz CT molecular complexity index is 716. The van der Waals surface area contributed by atoms with Crippen LogP contribution in [0.2, 0.25) is 0 Å². The molecule has 116 valence electrons. The fourth-order valence-electron chi connectivity index (χ4n) is 3.01. The lowest BCUT2D eigenvalue weighted by molar-refractivity contribution is -0.124. The van der Waals surface area contributed by atoms with Gasteiger partial charge < -0.3 is 10.2 Å². The molecule has 1 aromatic heterocycles. The van der Waals surface area contributed by atoms with Crippen LogP contribution in [0.25, 0.3) is 10.9 Å². The first-order chi connectivity index (χ1) is 10.6. The van der Waals surface area contributed by atoms with E-state index < -0.39 is 0 Å². The second-order valence-corrected chi connectivity index (χ2v) is 5.79. The van der Waals surface area contributed by atoms with E-state index in [2.05, 4.69) is 15.2 Å². The molecule has 1 aliphatic rings. The summed E-state index contributed by atoms with van der Waals surface area (Å²) in [5.74, 6) is 0.751. The molecule has 1 saturated heterocycles. The van der Waals surface area contributed by atoms with Gasteiger partial charge in [0.25, 0.3) is 0 Å². The zero-order valence-electron chi connectivity index (χ0n) is 12.9. The number of halogens is 1. The largest absolute Gasteiger partial charge is 0.356 e. The Hall–Kier alpha value is -2.17. The topological polar surface area (TPSA) is 45.2 Å². The van der Waals surface area contributed by atoms with Crippen molar-refractivity contribution < 1.29 is 9.18 Å². The number of hydrogen-bond donors (Lipinski definition) is 1. The van der Waals surface area contributed by atoms with Crippen molar-refractivity contribution in [3.63, 3.8) is 0 Å². The third-order valence-corrected chi connectivity index (χ3v) is 4.20. The normalized spacial score (nSPS) is 18.0. The Labute approximate surface area is 129 Å². The molecule has 22 heavy (non-hydrogen) atoms. The van der Waals surface area contributed by atoms with Gasteiger partial charge in [-0.1, -0.05) is 0 Å². The number of fused-ring (bicyclic) bond motifs is 1. The first kappa shape index (κ1) is 14.8. The van der Waals surface area contributed by atoms with Crippen LogP contribution in [0.4, 0.5) is 10.2 Å². The molecule has 1 fully saturated rings. The predicted octanol–water partition coefficient (Wildman–Crippen LogP) is 2.64. The summed E-state index contributed by atoms with van der Waals surface area (Å²) in [5.41, 5.74) is 1.79. The van der Waals surface area contributed by atoms with E-state index in [4.69, 9.17) is 0 Å². The minimum absolute atomic E-state index is 0.0194. The van der Waals surface area contributed by atoms with Gasteiger partial charge in [-0.2, -0.15) is 0 Å². The first-order valence-electron chi connectivity index (χ1n) is 7.68. The summed E-state index contributed by atoms with van der Waals surface area (Å²) in [7, 11) is 0. The lowest BCUT2D eigenvalue weighted by Crippen LogP contribution is -2.32. The van der Waals surface area contributed by atoms with E-state index in [0.717, 1.165) is 35.2 Å². The molecule has 0 spiro atoms. The maximum absolute atomic E-state index is 13.3. The summed E-state index contributed by atoms with van der Waals surface area (Å²) in [6, 6.07) is 6.63. The van der Waals surface area contributed by atoms with Gasteiger partial charge in [0, 0.05) is 25.0 Å². The molecule has 1 aliphatic heterocycles. The number of carbonyl (C=O) groups excluding carboxylic acids is 1. The molecule has 0 aliphatic carbocycles. The minimum Gasteiger partial charge on any atom is -0.356 e. The van der Waals surface area contributed by atoms with E-state index in [-0.39, 0.29) is 17.6 Å². The highest BCUT2D eigenvalue weighted by molar-refractivity contribution is 5.84. The highest BCUT2D eigenvalue weighted by Crippen LogP contribution is 2.27. The van der Waals surface area contributed by atoms with Gasteiger partial charge in [0.15, 0.2) is 0 Å². The van der Waals surface area contributed by atoms with Gasteiger partial charge in [0.1, 0.15) is 11.6 Å². The molecule has 1 N–H and O–H groups in total. The van der Waals surface area contributed by atoms with Crippen molar-refractivity contribution >= 4 is 22.6 Å². The summed E-state index contributed by atoms with van der Waals surface area (Å²) in [6.07, 6.45) is 0.841. The van der Waals surface area contributed by atoms with Gasteiger partial charge in [-0.05, 0) is 50.1 Å². The van der Waals surface area contributed by atoms with Crippen LogP contribution in [-0.2, 0) is 4.79 Å². The van der Waals surface area contributed by atoms with Crippen LogP contribution < -0.4 is 10.2 Å². The molecule has 0 radical (unpaired) electrons. The van der Waals surface area contributed by atoms with Crippen LogP contribution in [0, 0.1) is 18.7 Å². The Morgan fingerprint density at radius 3 is 3.05 bits per heavy atom. The van der Waals surface area contributed by atoms with E-state index in [1.54, 1.807) is 6.07 Å². The van der Waals surface area contributed by atoms with Gasteiger partial charge in [-0.15, -0.1) is 0 Å². The van der Waals surface area contributed by atoms with E-state index in [1.807, 2.05) is 19.9 Å². The van der Waals surface area contributed by atoms with Gasteiger partial charge in [-0.3, -0.25) is 4.79 Å². The number of pyridine rings is 1. The molecule has 1 aromatic carbocycles. The highest BCUT2D eigenvalue weighted by Gasteiger charge is 2.28. The number of aromatic nitrogens is 1. The molecular formula is C17H20FN3O. The number of amides is 1. The van der Waals surface area contributed by atoms with Crippen LogP contribution >= 0.6 is 0 Å². The molecule has 5 heteroatoms. The van der Waals surface area contributed by atoms with Crippen molar-refractivity contribution in [1.82, 2.24) is 10.3 Å². The SMILES string of the molecule is CCNC(=O)C1CCN(c2cc(C)c3cc(F)ccc3n2)C1. The summed E-state index contributed by atoms with van der Waals surface area (Å²) < 4.78 is 13.3. The predicted molar refractivity (Wildman–Crippen MR) is 85.4 cm³/mol. The zero-order chi connectivity index (χ0) is 15.7. The van der Waals surface area contributed by atoms with Crippen molar-refractivity contribution in [3.05, 3.63) is 35.6 Å². The first-order valence-corrected chi connectivity index (χ1v) is 7.68. The van der Waals surface area contributed by atoms with Crippen molar-refractivity contribution in [2.45, 2.75) is 20.3 Å². The lowest BCUT2D eigenvalue weighted by Gasteiger charge is -2.19. The molecule has 0 bridgehead atoms. The molecule has 3 rings (SSSR count). The Morgan fingerprint density at radius 1 is 1.45 bits per heavy atom.